The van der Waals surface area contributed by atoms with Crippen molar-refractivity contribution in [2.75, 3.05) is 13.1 Å². The van der Waals surface area contributed by atoms with E-state index in [1.807, 2.05) is 12.1 Å². The maximum absolute atomic E-state index is 12.7. The van der Waals surface area contributed by atoms with E-state index in [-0.39, 0.29) is 24.1 Å². The molecule has 2 fully saturated rings. The minimum atomic E-state index is -0.554. The highest BCUT2D eigenvalue weighted by Crippen LogP contribution is 2.28. The number of piperidine rings is 2. The molecule has 1 aromatic rings. The van der Waals surface area contributed by atoms with E-state index < -0.39 is 6.04 Å². The highest BCUT2D eigenvalue weighted by Gasteiger charge is 2.38. The first-order valence-electron chi connectivity index (χ1n) is 9.82. The van der Waals surface area contributed by atoms with Crippen LogP contribution in [-0.4, -0.2) is 47.8 Å². The zero-order chi connectivity index (χ0) is 18.8. The molecule has 3 heterocycles. The van der Waals surface area contributed by atoms with E-state index in [9.17, 15) is 14.4 Å². The Balaban J connectivity index is 1.37. The van der Waals surface area contributed by atoms with Crippen LogP contribution >= 0.6 is 0 Å². The molecule has 7 nitrogen and oxygen atoms in total. The number of benzene rings is 1. The van der Waals surface area contributed by atoms with Crippen LogP contribution in [0.5, 0.6) is 0 Å². The Morgan fingerprint density at radius 3 is 2.81 bits per heavy atom. The first kappa shape index (κ1) is 18.1. The van der Waals surface area contributed by atoms with Gasteiger partial charge >= 0.3 is 0 Å². The molecule has 0 spiro atoms. The summed E-state index contributed by atoms with van der Waals surface area (Å²) in [5, 5.41) is 9.36. The van der Waals surface area contributed by atoms with Gasteiger partial charge in [-0.15, -0.1) is 0 Å². The van der Waals surface area contributed by atoms with Crippen molar-refractivity contribution < 1.29 is 14.4 Å². The number of nitrogens with zero attached hydrogens (tertiary/aromatic N) is 1. The molecule has 0 bridgehead atoms. The van der Waals surface area contributed by atoms with Crippen molar-refractivity contribution in [3.63, 3.8) is 0 Å². The normalized spacial score (nSPS) is 25.5. The zero-order valence-electron chi connectivity index (χ0n) is 15.4. The molecule has 2 saturated heterocycles. The van der Waals surface area contributed by atoms with E-state index in [2.05, 4.69) is 22.0 Å². The third-order valence-corrected chi connectivity index (χ3v) is 5.72. The number of nitrogens with one attached hydrogen (secondary N) is 3. The van der Waals surface area contributed by atoms with Gasteiger partial charge in [0, 0.05) is 37.7 Å². The van der Waals surface area contributed by atoms with Gasteiger partial charge < -0.3 is 15.5 Å². The number of imide groups is 1. The zero-order valence-corrected chi connectivity index (χ0v) is 15.4. The highest BCUT2D eigenvalue weighted by atomic mass is 16.2. The van der Waals surface area contributed by atoms with Crippen molar-refractivity contribution in [2.45, 2.75) is 57.3 Å². The number of carbonyl (C=O) groups is 3. The molecule has 0 aromatic heterocycles. The van der Waals surface area contributed by atoms with Gasteiger partial charge in [0.05, 0.1) is 0 Å². The molecule has 3 aliphatic heterocycles. The summed E-state index contributed by atoms with van der Waals surface area (Å²) in [4.78, 5) is 37.7. The van der Waals surface area contributed by atoms with Gasteiger partial charge in [-0.1, -0.05) is 18.6 Å². The van der Waals surface area contributed by atoms with Crippen molar-refractivity contribution in [3.05, 3.63) is 34.9 Å². The molecular weight excluding hydrogens is 344 g/mol. The van der Waals surface area contributed by atoms with E-state index in [1.165, 1.54) is 19.3 Å². The highest BCUT2D eigenvalue weighted by molar-refractivity contribution is 6.05. The van der Waals surface area contributed by atoms with Gasteiger partial charge in [0.2, 0.25) is 11.8 Å². The molecule has 0 saturated carbocycles. The van der Waals surface area contributed by atoms with Crippen molar-refractivity contribution >= 4 is 17.7 Å². The molecular formula is C20H26N4O3. The molecule has 3 amide bonds. The Labute approximate surface area is 158 Å². The summed E-state index contributed by atoms with van der Waals surface area (Å²) in [7, 11) is 0. The van der Waals surface area contributed by atoms with Crippen LogP contribution < -0.4 is 16.0 Å². The van der Waals surface area contributed by atoms with E-state index in [1.54, 1.807) is 4.90 Å². The summed E-state index contributed by atoms with van der Waals surface area (Å²) in [6.45, 7) is 3.23. The topological polar surface area (TPSA) is 90.5 Å². The average Bonchev–Trinajstić information content (AvgIpc) is 2.99. The van der Waals surface area contributed by atoms with Gasteiger partial charge in [0.25, 0.3) is 5.91 Å². The number of hydrogen-bond acceptors (Lipinski definition) is 5. The summed E-state index contributed by atoms with van der Waals surface area (Å²) < 4.78 is 0. The van der Waals surface area contributed by atoms with Crippen LogP contribution in [0, 0.1) is 0 Å². The van der Waals surface area contributed by atoms with E-state index in [4.69, 9.17) is 0 Å². The standard InChI is InChI=1S/C20H26N4O3/c25-18-7-6-17(19(26)23-18)24-12-14-9-13(4-5-16(14)20(24)27)10-21-11-15-3-1-2-8-22-15/h4-5,9,15,17,21-22H,1-3,6-8,10-12H2,(H,23,25,26). The molecule has 2 atom stereocenters. The minimum Gasteiger partial charge on any atom is -0.322 e. The van der Waals surface area contributed by atoms with Crippen LogP contribution in [-0.2, 0) is 22.7 Å². The fourth-order valence-corrected chi connectivity index (χ4v) is 4.23. The number of amides is 3. The third kappa shape index (κ3) is 3.89. The van der Waals surface area contributed by atoms with Crippen molar-refractivity contribution in [1.29, 1.82) is 0 Å². The van der Waals surface area contributed by atoms with Crippen LogP contribution in [0.25, 0.3) is 0 Å². The first-order valence-corrected chi connectivity index (χ1v) is 9.82. The smallest absolute Gasteiger partial charge is 0.255 e. The van der Waals surface area contributed by atoms with Crippen molar-refractivity contribution in [3.8, 4) is 0 Å². The molecule has 144 valence electrons. The molecule has 3 N–H and O–H groups in total. The first-order chi connectivity index (χ1) is 13.1. The molecule has 7 heteroatoms. The van der Waals surface area contributed by atoms with Gasteiger partial charge in [-0.2, -0.15) is 0 Å². The van der Waals surface area contributed by atoms with E-state index >= 15 is 0 Å². The summed E-state index contributed by atoms with van der Waals surface area (Å²) in [5.74, 6) is -0.749. The van der Waals surface area contributed by atoms with E-state index in [0.29, 0.717) is 24.6 Å². The van der Waals surface area contributed by atoms with Crippen LogP contribution in [0.15, 0.2) is 18.2 Å². The maximum atomic E-state index is 12.7. The number of fused-ring (bicyclic) bond motifs is 1. The fraction of sp³-hybridized carbons (Fsp3) is 0.550. The SMILES string of the molecule is O=C1CCC(N2Cc3cc(CNCC4CCCCN4)ccc3C2=O)C(=O)N1. The Kier molecular flexibility index (Phi) is 5.22. The molecule has 3 aliphatic rings. The lowest BCUT2D eigenvalue weighted by atomic mass is 10.0. The predicted octanol–water partition coefficient (Wildman–Crippen LogP) is 0.679. The summed E-state index contributed by atoms with van der Waals surface area (Å²) >= 11 is 0. The van der Waals surface area contributed by atoms with Crippen LogP contribution in [0.2, 0.25) is 0 Å². The molecule has 27 heavy (non-hydrogen) atoms. The van der Waals surface area contributed by atoms with Crippen molar-refractivity contribution in [2.24, 2.45) is 0 Å². The fourth-order valence-electron chi connectivity index (χ4n) is 4.23. The van der Waals surface area contributed by atoms with Crippen LogP contribution in [0.3, 0.4) is 0 Å². The van der Waals surface area contributed by atoms with Gasteiger partial charge in [-0.25, -0.2) is 0 Å². The number of carbonyl (C=O) groups excluding carboxylic acids is 3. The molecule has 0 aliphatic carbocycles. The Morgan fingerprint density at radius 1 is 1.15 bits per heavy atom. The van der Waals surface area contributed by atoms with Gasteiger partial charge in [0.1, 0.15) is 6.04 Å². The lowest BCUT2D eigenvalue weighted by Gasteiger charge is -2.29. The third-order valence-electron chi connectivity index (χ3n) is 5.72. The second-order valence-electron chi connectivity index (χ2n) is 7.67. The summed E-state index contributed by atoms with van der Waals surface area (Å²) in [6.07, 6.45) is 4.44. The van der Waals surface area contributed by atoms with Crippen molar-refractivity contribution in [1.82, 2.24) is 20.9 Å². The second-order valence-corrected chi connectivity index (χ2v) is 7.67. The Bertz CT molecular complexity index is 758. The van der Waals surface area contributed by atoms with E-state index in [0.717, 1.165) is 30.8 Å². The van der Waals surface area contributed by atoms with Gasteiger partial charge in [-0.05, 0) is 43.0 Å². The quantitative estimate of drug-likeness (QED) is 0.663. The predicted molar refractivity (Wildman–Crippen MR) is 99.8 cm³/mol. The average molecular weight is 370 g/mol. The number of rotatable bonds is 5. The largest absolute Gasteiger partial charge is 0.322 e. The minimum absolute atomic E-state index is 0.120. The molecule has 2 unspecified atom stereocenters. The van der Waals surface area contributed by atoms with Crippen LogP contribution in [0.4, 0.5) is 0 Å². The monoisotopic (exact) mass is 370 g/mol. The summed E-state index contributed by atoms with van der Waals surface area (Å²) in [5.41, 5.74) is 2.76. The molecule has 1 aromatic carbocycles. The number of hydrogen-bond donors (Lipinski definition) is 3. The second kappa shape index (κ2) is 7.78. The Hall–Kier alpha value is -2.25. The van der Waals surface area contributed by atoms with Gasteiger partial charge in [-0.3, -0.25) is 19.7 Å². The van der Waals surface area contributed by atoms with Crippen LogP contribution in [0.1, 0.15) is 53.6 Å². The Morgan fingerprint density at radius 2 is 2.04 bits per heavy atom. The molecule has 0 radical (unpaired) electrons. The lowest BCUT2D eigenvalue weighted by Crippen LogP contribution is -2.52. The molecule has 4 rings (SSSR count). The summed E-state index contributed by atoms with van der Waals surface area (Å²) in [6, 6.07) is 5.88. The maximum Gasteiger partial charge on any atom is 0.255 e. The van der Waals surface area contributed by atoms with Gasteiger partial charge in [0.15, 0.2) is 0 Å². The lowest BCUT2D eigenvalue weighted by molar-refractivity contribution is -0.136.